The molecule has 4 heteroatoms. The molecular formula is C15H26N2O2. The number of pyridine rings is 1. The number of rotatable bonds is 8. The minimum atomic E-state index is 0.0530. The van der Waals surface area contributed by atoms with Gasteiger partial charge < -0.3 is 14.7 Å². The van der Waals surface area contributed by atoms with Gasteiger partial charge in [-0.05, 0) is 37.5 Å². The molecule has 1 aromatic heterocycles. The molecule has 1 aromatic rings. The SMILES string of the molecule is CCC(CC)N(CCOC)c1cc(CO)cc(C)n1. The maximum absolute atomic E-state index is 9.33. The lowest BCUT2D eigenvalue weighted by Crippen LogP contribution is -2.37. The molecule has 0 saturated carbocycles. The van der Waals surface area contributed by atoms with Crippen molar-refractivity contribution in [2.45, 2.75) is 46.3 Å². The summed E-state index contributed by atoms with van der Waals surface area (Å²) in [6.45, 7) is 7.90. The standard InChI is InChI=1S/C15H26N2O2/c1-5-14(6-2)17(7-8-19-4)15-10-13(11-18)9-12(3)16-15/h9-10,14,18H,5-8,11H2,1-4H3. The molecule has 0 bridgehead atoms. The second kappa shape index (κ2) is 8.12. The Bertz CT molecular complexity index is 378. The molecule has 0 amide bonds. The second-order valence-corrected chi connectivity index (χ2v) is 4.79. The molecule has 1 N–H and O–H groups in total. The van der Waals surface area contributed by atoms with Gasteiger partial charge in [-0.25, -0.2) is 4.98 Å². The van der Waals surface area contributed by atoms with Crippen LogP contribution in [0, 0.1) is 6.92 Å². The zero-order chi connectivity index (χ0) is 14.3. The van der Waals surface area contributed by atoms with Crippen LogP contribution in [0.4, 0.5) is 5.82 Å². The molecule has 0 spiro atoms. The third kappa shape index (κ3) is 4.48. The van der Waals surface area contributed by atoms with Crippen molar-refractivity contribution in [1.29, 1.82) is 0 Å². The number of aliphatic hydroxyl groups is 1. The van der Waals surface area contributed by atoms with E-state index in [1.54, 1.807) is 7.11 Å². The van der Waals surface area contributed by atoms with Crippen molar-refractivity contribution in [1.82, 2.24) is 4.98 Å². The zero-order valence-corrected chi connectivity index (χ0v) is 12.5. The maximum atomic E-state index is 9.33. The Morgan fingerprint density at radius 2 is 2.00 bits per heavy atom. The first-order valence-corrected chi connectivity index (χ1v) is 7.00. The Labute approximate surface area is 116 Å². The highest BCUT2D eigenvalue weighted by molar-refractivity contribution is 5.43. The minimum absolute atomic E-state index is 0.0530. The zero-order valence-electron chi connectivity index (χ0n) is 12.5. The van der Waals surface area contributed by atoms with E-state index in [9.17, 15) is 5.11 Å². The van der Waals surface area contributed by atoms with Crippen LogP contribution in [0.25, 0.3) is 0 Å². The first-order chi connectivity index (χ1) is 9.15. The lowest BCUT2D eigenvalue weighted by molar-refractivity contribution is 0.202. The van der Waals surface area contributed by atoms with Crippen LogP contribution in [0.5, 0.6) is 0 Å². The van der Waals surface area contributed by atoms with Gasteiger partial charge in [0, 0.05) is 25.4 Å². The van der Waals surface area contributed by atoms with E-state index in [2.05, 4.69) is 23.7 Å². The number of hydrogen-bond donors (Lipinski definition) is 1. The average Bonchev–Trinajstić information content (AvgIpc) is 2.42. The second-order valence-electron chi connectivity index (χ2n) is 4.79. The first kappa shape index (κ1) is 15.9. The fourth-order valence-corrected chi connectivity index (χ4v) is 2.36. The van der Waals surface area contributed by atoms with E-state index in [0.717, 1.165) is 36.5 Å². The van der Waals surface area contributed by atoms with Crippen LogP contribution in [0.15, 0.2) is 12.1 Å². The Kier molecular flexibility index (Phi) is 6.81. The lowest BCUT2D eigenvalue weighted by Gasteiger charge is -2.32. The van der Waals surface area contributed by atoms with Crippen molar-refractivity contribution in [2.75, 3.05) is 25.2 Å². The number of methoxy groups -OCH3 is 1. The number of ether oxygens (including phenoxy) is 1. The number of nitrogens with zero attached hydrogens (tertiary/aromatic N) is 2. The van der Waals surface area contributed by atoms with Crippen LogP contribution in [0.1, 0.15) is 37.9 Å². The topological polar surface area (TPSA) is 45.6 Å². The molecule has 1 rings (SSSR count). The summed E-state index contributed by atoms with van der Waals surface area (Å²) in [5, 5.41) is 9.33. The number of aliphatic hydroxyl groups excluding tert-OH is 1. The molecule has 0 aliphatic carbocycles. The van der Waals surface area contributed by atoms with Crippen LogP contribution in [0.3, 0.4) is 0 Å². The molecule has 0 saturated heterocycles. The van der Waals surface area contributed by atoms with Gasteiger partial charge in [0.2, 0.25) is 0 Å². The van der Waals surface area contributed by atoms with Crippen molar-refractivity contribution in [3.05, 3.63) is 23.4 Å². The van der Waals surface area contributed by atoms with Crippen molar-refractivity contribution in [3.63, 3.8) is 0 Å². The summed E-state index contributed by atoms with van der Waals surface area (Å²) in [5.74, 6) is 0.940. The van der Waals surface area contributed by atoms with Crippen molar-refractivity contribution in [3.8, 4) is 0 Å². The third-order valence-electron chi connectivity index (χ3n) is 3.40. The highest BCUT2D eigenvalue weighted by atomic mass is 16.5. The molecule has 1 heterocycles. The summed E-state index contributed by atoms with van der Waals surface area (Å²) >= 11 is 0. The molecule has 108 valence electrons. The van der Waals surface area contributed by atoms with Crippen molar-refractivity contribution >= 4 is 5.82 Å². The van der Waals surface area contributed by atoms with Crippen LogP contribution >= 0.6 is 0 Å². The fourth-order valence-electron chi connectivity index (χ4n) is 2.36. The summed E-state index contributed by atoms with van der Waals surface area (Å²) in [6, 6.07) is 4.35. The van der Waals surface area contributed by atoms with E-state index >= 15 is 0 Å². The Morgan fingerprint density at radius 1 is 1.32 bits per heavy atom. The van der Waals surface area contributed by atoms with Gasteiger partial charge in [0.25, 0.3) is 0 Å². The summed E-state index contributed by atoms with van der Waals surface area (Å²) < 4.78 is 5.20. The normalized spacial score (nSPS) is 11.1. The van der Waals surface area contributed by atoms with Crippen molar-refractivity contribution in [2.24, 2.45) is 0 Å². The van der Waals surface area contributed by atoms with Gasteiger partial charge in [0.05, 0.1) is 13.2 Å². The smallest absolute Gasteiger partial charge is 0.129 e. The molecule has 0 unspecified atom stereocenters. The van der Waals surface area contributed by atoms with E-state index < -0.39 is 0 Å². The van der Waals surface area contributed by atoms with Gasteiger partial charge in [-0.2, -0.15) is 0 Å². The lowest BCUT2D eigenvalue weighted by atomic mass is 10.1. The van der Waals surface area contributed by atoms with Crippen LogP contribution in [-0.2, 0) is 11.3 Å². The molecule has 19 heavy (non-hydrogen) atoms. The van der Waals surface area contributed by atoms with Gasteiger partial charge in [-0.3, -0.25) is 0 Å². The predicted octanol–water partition coefficient (Wildman–Crippen LogP) is 2.52. The van der Waals surface area contributed by atoms with E-state index in [-0.39, 0.29) is 6.61 Å². The summed E-state index contributed by atoms with van der Waals surface area (Å²) in [4.78, 5) is 6.90. The van der Waals surface area contributed by atoms with E-state index in [4.69, 9.17) is 4.74 Å². The van der Waals surface area contributed by atoms with E-state index in [1.807, 2.05) is 19.1 Å². The van der Waals surface area contributed by atoms with Crippen LogP contribution < -0.4 is 4.90 Å². The predicted molar refractivity (Wildman–Crippen MR) is 78.5 cm³/mol. The van der Waals surface area contributed by atoms with E-state index in [1.165, 1.54) is 0 Å². The molecule has 0 aromatic carbocycles. The number of anilines is 1. The average molecular weight is 266 g/mol. The van der Waals surface area contributed by atoms with Crippen molar-refractivity contribution < 1.29 is 9.84 Å². The van der Waals surface area contributed by atoms with Gasteiger partial charge in [-0.15, -0.1) is 0 Å². The largest absolute Gasteiger partial charge is 0.392 e. The van der Waals surface area contributed by atoms with Crippen LogP contribution in [-0.4, -0.2) is 36.4 Å². The quantitative estimate of drug-likeness (QED) is 0.785. The van der Waals surface area contributed by atoms with Gasteiger partial charge in [0.1, 0.15) is 5.82 Å². The summed E-state index contributed by atoms with van der Waals surface area (Å²) in [7, 11) is 1.72. The number of aromatic nitrogens is 1. The molecule has 0 radical (unpaired) electrons. The highest BCUT2D eigenvalue weighted by Gasteiger charge is 2.17. The summed E-state index contributed by atoms with van der Waals surface area (Å²) in [5.41, 5.74) is 1.85. The van der Waals surface area contributed by atoms with Crippen LogP contribution in [0.2, 0.25) is 0 Å². The van der Waals surface area contributed by atoms with Gasteiger partial charge in [-0.1, -0.05) is 13.8 Å². The Balaban J connectivity index is 3.04. The molecule has 0 aliphatic rings. The first-order valence-electron chi connectivity index (χ1n) is 7.00. The minimum Gasteiger partial charge on any atom is -0.392 e. The maximum Gasteiger partial charge on any atom is 0.129 e. The summed E-state index contributed by atoms with van der Waals surface area (Å²) in [6.07, 6.45) is 2.15. The molecule has 0 fully saturated rings. The molecular weight excluding hydrogens is 240 g/mol. The van der Waals surface area contributed by atoms with Gasteiger partial charge in [0.15, 0.2) is 0 Å². The fraction of sp³-hybridized carbons (Fsp3) is 0.667. The van der Waals surface area contributed by atoms with Gasteiger partial charge >= 0.3 is 0 Å². The third-order valence-corrected chi connectivity index (χ3v) is 3.40. The van der Waals surface area contributed by atoms with E-state index in [0.29, 0.717) is 12.6 Å². The monoisotopic (exact) mass is 266 g/mol. The molecule has 0 atom stereocenters. The Hall–Kier alpha value is -1.13. The number of hydrogen-bond acceptors (Lipinski definition) is 4. The molecule has 0 aliphatic heterocycles. The molecule has 4 nitrogen and oxygen atoms in total. The highest BCUT2D eigenvalue weighted by Crippen LogP contribution is 2.20. The number of aryl methyl sites for hydroxylation is 1. The Morgan fingerprint density at radius 3 is 2.53 bits per heavy atom.